The molecule has 10 heteroatoms. The molecule has 4 N–H and O–H groups in total. The summed E-state index contributed by atoms with van der Waals surface area (Å²) >= 11 is 1.38. The molecule has 1 aromatic heterocycles. The number of nitrogens with one attached hydrogen (secondary N) is 2. The number of nitrogen functional groups attached to an aromatic ring is 1. The molecule has 3 aromatic rings. The van der Waals surface area contributed by atoms with Gasteiger partial charge in [-0.3, -0.25) is 15.5 Å². The second-order valence-corrected chi connectivity index (χ2v) is 10.8. The molecule has 4 rings (SSSR count). The number of thiophene rings is 1. The van der Waals surface area contributed by atoms with Gasteiger partial charge in [0, 0.05) is 11.4 Å². The Bertz CT molecular complexity index is 1290. The van der Waals surface area contributed by atoms with Crippen LogP contribution in [0.5, 0.6) is 5.75 Å². The summed E-state index contributed by atoms with van der Waals surface area (Å²) in [5, 5.41) is 12.1. The zero-order valence-corrected chi connectivity index (χ0v) is 19.1. The molecule has 2 aromatic carbocycles. The lowest BCUT2D eigenvalue weighted by Gasteiger charge is -2.16. The maximum absolute atomic E-state index is 12.9. The number of nitrogens with zero attached hydrogens (tertiary/aromatic N) is 1. The highest BCUT2D eigenvalue weighted by molar-refractivity contribution is 7.91. The molecule has 168 valence electrons. The van der Waals surface area contributed by atoms with E-state index < -0.39 is 15.9 Å². The summed E-state index contributed by atoms with van der Waals surface area (Å²) in [6.07, 6.45) is 0.536. The Balaban J connectivity index is 1.40. The number of hydrogen-bond donors (Lipinski definition) is 3. The maximum atomic E-state index is 12.9. The molecule has 1 aliphatic heterocycles. The van der Waals surface area contributed by atoms with Crippen LogP contribution in [-0.2, 0) is 21.2 Å². The minimum Gasteiger partial charge on any atom is -0.497 e. The van der Waals surface area contributed by atoms with Crippen LogP contribution < -0.4 is 15.8 Å². The average molecular weight is 473 g/mol. The summed E-state index contributed by atoms with van der Waals surface area (Å²) in [5.74, 6) is 0.218. The van der Waals surface area contributed by atoms with Crippen molar-refractivity contribution < 1.29 is 17.9 Å². The van der Waals surface area contributed by atoms with Crippen LogP contribution in [-0.4, -0.2) is 50.6 Å². The average Bonchev–Trinajstić information content (AvgIpc) is 3.39. The SMILES string of the molecule is COc1ccc2ccc(S(=O)(=O)CNC3CCN(Cc4ccc(C(=N)N)s4)C3=O)cc2c1. The van der Waals surface area contributed by atoms with Crippen LogP contribution in [0.4, 0.5) is 0 Å². The van der Waals surface area contributed by atoms with Crippen LogP contribution in [0.25, 0.3) is 10.8 Å². The van der Waals surface area contributed by atoms with Gasteiger partial charge >= 0.3 is 0 Å². The Labute approximate surface area is 190 Å². The molecule has 1 saturated heterocycles. The summed E-state index contributed by atoms with van der Waals surface area (Å²) in [6, 6.07) is 13.5. The van der Waals surface area contributed by atoms with E-state index in [1.54, 1.807) is 42.3 Å². The van der Waals surface area contributed by atoms with Crippen LogP contribution in [0, 0.1) is 5.41 Å². The van der Waals surface area contributed by atoms with Crippen molar-refractivity contribution in [2.45, 2.75) is 23.9 Å². The number of rotatable bonds is 8. The van der Waals surface area contributed by atoms with Crippen molar-refractivity contribution in [1.82, 2.24) is 10.2 Å². The van der Waals surface area contributed by atoms with Crippen molar-refractivity contribution in [3.05, 3.63) is 58.3 Å². The van der Waals surface area contributed by atoms with Crippen LogP contribution in [0.1, 0.15) is 16.2 Å². The molecule has 0 saturated carbocycles. The Morgan fingerprint density at radius 3 is 2.72 bits per heavy atom. The van der Waals surface area contributed by atoms with Crippen molar-refractivity contribution in [3.8, 4) is 5.75 Å². The number of hydrogen-bond acceptors (Lipinski definition) is 7. The number of likely N-dealkylation sites (tertiary alicyclic amines) is 1. The summed E-state index contributed by atoms with van der Waals surface area (Å²) in [4.78, 5) is 16.2. The third kappa shape index (κ3) is 4.62. The number of amidine groups is 1. The van der Waals surface area contributed by atoms with Crippen LogP contribution in [0.3, 0.4) is 0 Å². The van der Waals surface area contributed by atoms with E-state index >= 15 is 0 Å². The Morgan fingerprint density at radius 2 is 2.00 bits per heavy atom. The number of nitrogens with two attached hydrogens (primary N) is 1. The molecule has 1 atom stereocenters. The third-order valence-corrected chi connectivity index (χ3v) is 8.09. The van der Waals surface area contributed by atoms with Crippen LogP contribution >= 0.6 is 11.3 Å². The topological polar surface area (TPSA) is 126 Å². The first-order chi connectivity index (χ1) is 15.3. The number of carbonyl (C=O) groups is 1. The maximum Gasteiger partial charge on any atom is 0.240 e. The lowest BCUT2D eigenvalue weighted by atomic mass is 10.1. The van der Waals surface area contributed by atoms with E-state index in [4.69, 9.17) is 15.9 Å². The largest absolute Gasteiger partial charge is 0.497 e. The number of methoxy groups -OCH3 is 1. The molecule has 0 bridgehead atoms. The molecule has 1 amide bonds. The lowest BCUT2D eigenvalue weighted by molar-refractivity contribution is -0.129. The highest BCUT2D eigenvalue weighted by atomic mass is 32.2. The molecule has 32 heavy (non-hydrogen) atoms. The van der Waals surface area contributed by atoms with E-state index in [0.29, 0.717) is 30.1 Å². The van der Waals surface area contributed by atoms with E-state index in [2.05, 4.69) is 5.32 Å². The fourth-order valence-electron chi connectivity index (χ4n) is 3.70. The molecule has 2 heterocycles. The van der Waals surface area contributed by atoms with Gasteiger partial charge in [-0.1, -0.05) is 12.1 Å². The van der Waals surface area contributed by atoms with Gasteiger partial charge in [-0.25, -0.2) is 8.42 Å². The van der Waals surface area contributed by atoms with Crippen molar-refractivity contribution in [3.63, 3.8) is 0 Å². The van der Waals surface area contributed by atoms with Gasteiger partial charge in [0.05, 0.1) is 29.5 Å². The predicted molar refractivity (Wildman–Crippen MR) is 125 cm³/mol. The zero-order valence-electron chi connectivity index (χ0n) is 17.5. The molecular weight excluding hydrogens is 448 g/mol. The van der Waals surface area contributed by atoms with E-state index in [0.717, 1.165) is 15.6 Å². The van der Waals surface area contributed by atoms with Gasteiger partial charge in [0.15, 0.2) is 9.84 Å². The summed E-state index contributed by atoms with van der Waals surface area (Å²) in [7, 11) is -2.06. The van der Waals surface area contributed by atoms with Crippen molar-refractivity contribution in [2.24, 2.45) is 5.73 Å². The van der Waals surface area contributed by atoms with Gasteiger partial charge < -0.3 is 15.4 Å². The molecule has 0 radical (unpaired) electrons. The van der Waals surface area contributed by atoms with Crippen molar-refractivity contribution >= 4 is 43.7 Å². The fourth-order valence-corrected chi connectivity index (χ4v) is 5.75. The Morgan fingerprint density at radius 1 is 1.22 bits per heavy atom. The van der Waals surface area contributed by atoms with E-state index in [9.17, 15) is 13.2 Å². The summed E-state index contributed by atoms with van der Waals surface area (Å²) in [6.45, 7) is 0.966. The van der Waals surface area contributed by atoms with Gasteiger partial charge in [0.25, 0.3) is 0 Å². The molecule has 1 aliphatic rings. The van der Waals surface area contributed by atoms with Gasteiger partial charge in [-0.15, -0.1) is 11.3 Å². The van der Waals surface area contributed by atoms with E-state index in [1.807, 2.05) is 18.2 Å². The Hall–Kier alpha value is -2.95. The monoisotopic (exact) mass is 472 g/mol. The molecule has 1 unspecified atom stereocenters. The molecular formula is C22H24N4O4S2. The standard InChI is InChI=1S/C22H24N4O4S2/c1-30-16-4-2-14-3-6-18(11-15(14)10-16)32(28,29)13-25-19-8-9-26(22(19)27)12-17-5-7-20(31-17)21(23)24/h2-7,10-11,19,25H,8-9,12-13H2,1H3,(H3,23,24). The normalized spacial score (nSPS) is 16.6. The number of ether oxygens (including phenoxy) is 1. The highest BCUT2D eigenvalue weighted by Gasteiger charge is 2.32. The third-order valence-electron chi connectivity index (χ3n) is 5.47. The van der Waals surface area contributed by atoms with E-state index in [1.165, 1.54) is 11.3 Å². The first kappa shape index (κ1) is 22.3. The second kappa shape index (κ2) is 8.89. The van der Waals surface area contributed by atoms with Gasteiger partial charge in [0.1, 0.15) is 17.5 Å². The van der Waals surface area contributed by atoms with Crippen LogP contribution in [0.15, 0.2) is 53.4 Å². The first-order valence-corrected chi connectivity index (χ1v) is 12.5. The quantitative estimate of drug-likeness (QED) is 0.341. The van der Waals surface area contributed by atoms with Gasteiger partial charge in [-0.2, -0.15) is 0 Å². The number of amides is 1. The number of sulfone groups is 1. The number of benzene rings is 2. The van der Waals surface area contributed by atoms with E-state index in [-0.39, 0.29) is 22.5 Å². The minimum absolute atomic E-state index is 0.00545. The lowest BCUT2D eigenvalue weighted by Crippen LogP contribution is -2.40. The number of carbonyl (C=O) groups excluding carboxylic acids is 1. The van der Waals surface area contributed by atoms with Gasteiger partial charge in [0.2, 0.25) is 5.91 Å². The van der Waals surface area contributed by atoms with Gasteiger partial charge in [-0.05, 0) is 53.6 Å². The fraction of sp³-hybridized carbons (Fsp3) is 0.273. The van der Waals surface area contributed by atoms with Crippen molar-refractivity contribution in [2.75, 3.05) is 19.5 Å². The zero-order chi connectivity index (χ0) is 22.9. The minimum atomic E-state index is -3.62. The van der Waals surface area contributed by atoms with Crippen molar-refractivity contribution in [1.29, 1.82) is 5.41 Å². The molecule has 0 aliphatic carbocycles. The number of fused-ring (bicyclic) bond motifs is 1. The summed E-state index contributed by atoms with van der Waals surface area (Å²) < 4.78 is 31.0. The molecule has 1 fully saturated rings. The Kier molecular flexibility index (Phi) is 6.18. The summed E-state index contributed by atoms with van der Waals surface area (Å²) in [5.41, 5.74) is 5.50. The molecule has 8 nitrogen and oxygen atoms in total. The highest BCUT2D eigenvalue weighted by Crippen LogP contribution is 2.25. The van der Waals surface area contributed by atoms with Crippen LogP contribution in [0.2, 0.25) is 0 Å². The predicted octanol–water partition coefficient (Wildman–Crippen LogP) is 2.32. The second-order valence-electron chi connectivity index (χ2n) is 7.62. The molecule has 0 spiro atoms. The first-order valence-electron chi connectivity index (χ1n) is 10.0. The smallest absolute Gasteiger partial charge is 0.240 e.